The van der Waals surface area contributed by atoms with Gasteiger partial charge in [-0.15, -0.1) is 0 Å². The van der Waals surface area contributed by atoms with Crippen molar-refractivity contribution in [1.82, 2.24) is 0 Å². The van der Waals surface area contributed by atoms with Crippen molar-refractivity contribution in [2.45, 2.75) is 32.6 Å². The Hall–Kier alpha value is -0.780. The number of fused-ring (bicyclic) bond motifs is 1. The first-order chi connectivity index (χ1) is 5.86. The maximum absolute atomic E-state index is 2.36. The maximum Gasteiger partial charge on any atom is -0.0250 e. The quantitative estimate of drug-likeness (QED) is 0.511. The van der Waals surface area contributed by atoms with E-state index in [9.17, 15) is 0 Å². The summed E-state index contributed by atoms with van der Waals surface area (Å²) in [5.41, 5.74) is 3.17. The van der Waals surface area contributed by atoms with E-state index in [1.807, 2.05) is 0 Å². The van der Waals surface area contributed by atoms with Crippen molar-refractivity contribution in [1.29, 1.82) is 0 Å². The van der Waals surface area contributed by atoms with Gasteiger partial charge in [-0.1, -0.05) is 37.6 Å². The highest BCUT2D eigenvalue weighted by molar-refractivity contribution is 5.28. The number of benzene rings is 1. The van der Waals surface area contributed by atoms with Crippen LogP contribution in [0.1, 0.15) is 30.9 Å². The van der Waals surface area contributed by atoms with Gasteiger partial charge < -0.3 is 0 Å². The molecule has 0 saturated heterocycles. The van der Waals surface area contributed by atoms with Crippen molar-refractivity contribution in [3.63, 3.8) is 0 Å². The lowest BCUT2D eigenvalue weighted by Crippen LogP contribution is -1.96. The monoisotopic (exact) mass is 160 g/mol. The van der Waals surface area contributed by atoms with E-state index in [1.54, 1.807) is 11.1 Å². The molecule has 0 nitrogen and oxygen atoms in total. The maximum atomic E-state index is 2.36. The zero-order chi connectivity index (χ0) is 8.39. The second-order valence-electron chi connectivity index (χ2n) is 3.97. The Balaban J connectivity index is 2.31. The lowest BCUT2D eigenvalue weighted by molar-refractivity contribution is 0.526. The molecule has 0 aromatic heterocycles. The van der Waals surface area contributed by atoms with Crippen LogP contribution in [0.2, 0.25) is 0 Å². The van der Waals surface area contributed by atoms with E-state index < -0.39 is 0 Å². The van der Waals surface area contributed by atoms with E-state index >= 15 is 0 Å². The summed E-state index contributed by atoms with van der Waals surface area (Å²) in [6.45, 7) is 2.36. The van der Waals surface area contributed by atoms with Crippen LogP contribution in [0.4, 0.5) is 0 Å². The van der Waals surface area contributed by atoms with E-state index in [-0.39, 0.29) is 0 Å². The number of hydrogen-bond acceptors (Lipinski definition) is 0. The Morgan fingerprint density at radius 2 is 1.92 bits per heavy atom. The number of rotatable bonds is 0. The largest absolute Gasteiger partial charge is 0.0622 e. The van der Waals surface area contributed by atoms with E-state index in [1.165, 1.54) is 25.7 Å². The molecule has 1 unspecified atom stereocenters. The first-order valence-corrected chi connectivity index (χ1v) is 4.93. The SMILES string of the molecule is CC1CCCc2ccccc2C1. The van der Waals surface area contributed by atoms with Crippen molar-refractivity contribution in [3.05, 3.63) is 35.4 Å². The summed E-state index contributed by atoms with van der Waals surface area (Å²) in [7, 11) is 0. The molecule has 0 radical (unpaired) electrons. The Kier molecular flexibility index (Phi) is 2.16. The van der Waals surface area contributed by atoms with Gasteiger partial charge in [-0.05, 0) is 36.3 Å². The molecule has 1 atom stereocenters. The molecule has 1 aliphatic carbocycles. The van der Waals surface area contributed by atoms with Gasteiger partial charge in [0, 0.05) is 0 Å². The Morgan fingerprint density at radius 1 is 1.17 bits per heavy atom. The van der Waals surface area contributed by atoms with Crippen molar-refractivity contribution < 1.29 is 0 Å². The third kappa shape index (κ3) is 1.52. The molecule has 0 N–H and O–H groups in total. The van der Waals surface area contributed by atoms with Gasteiger partial charge in [-0.3, -0.25) is 0 Å². The molecule has 1 aromatic rings. The molecule has 0 fully saturated rings. The average Bonchev–Trinajstić information content (AvgIpc) is 2.25. The van der Waals surface area contributed by atoms with Crippen LogP contribution in [-0.2, 0) is 12.8 Å². The van der Waals surface area contributed by atoms with Crippen LogP contribution in [-0.4, -0.2) is 0 Å². The molecule has 0 amide bonds. The van der Waals surface area contributed by atoms with Gasteiger partial charge in [0.15, 0.2) is 0 Å². The van der Waals surface area contributed by atoms with E-state index in [0.717, 1.165) is 5.92 Å². The Bertz CT molecular complexity index is 262. The summed E-state index contributed by atoms with van der Waals surface area (Å²) in [5.74, 6) is 0.883. The first-order valence-electron chi connectivity index (χ1n) is 4.93. The molecule has 12 heavy (non-hydrogen) atoms. The van der Waals surface area contributed by atoms with Gasteiger partial charge >= 0.3 is 0 Å². The fourth-order valence-corrected chi connectivity index (χ4v) is 2.12. The van der Waals surface area contributed by atoms with Crippen LogP contribution >= 0.6 is 0 Å². The van der Waals surface area contributed by atoms with Crippen LogP contribution in [0.5, 0.6) is 0 Å². The minimum Gasteiger partial charge on any atom is -0.0622 e. The summed E-state index contributed by atoms with van der Waals surface area (Å²) < 4.78 is 0. The molecular weight excluding hydrogens is 144 g/mol. The predicted octanol–water partition coefficient (Wildman–Crippen LogP) is 3.20. The standard InChI is InChI=1S/C12H16/c1-10-5-4-8-11-6-2-3-7-12(11)9-10/h2-3,6-7,10H,4-5,8-9H2,1H3. The van der Waals surface area contributed by atoms with E-state index in [2.05, 4.69) is 31.2 Å². The van der Waals surface area contributed by atoms with Crippen LogP contribution in [0.3, 0.4) is 0 Å². The molecule has 1 aromatic carbocycles. The lowest BCUT2D eigenvalue weighted by atomic mass is 9.99. The smallest absolute Gasteiger partial charge is 0.0250 e. The number of aryl methyl sites for hydroxylation is 1. The van der Waals surface area contributed by atoms with E-state index in [0.29, 0.717) is 0 Å². The van der Waals surface area contributed by atoms with Gasteiger partial charge in [0.2, 0.25) is 0 Å². The molecule has 1 aliphatic rings. The second-order valence-corrected chi connectivity index (χ2v) is 3.97. The summed E-state index contributed by atoms with van der Waals surface area (Å²) in [6, 6.07) is 8.90. The normalized spacial score (nSPS) is 22.9. The van der Waals surface area contributed by atoms with Gasteiger partial charge in [0.05, 0.1) is 0 Å². The lowest BCUT2D eigenvalue weighted by Gasteiger charge is -2.07. The topological polar surface area (TPSA) is 0 Å². The van der Waals surface area contributed by atoms with E-state index in [4.69, 9.17) is 0 Å². The van der Waals surface area contributed by atoms with Crippen LogP contribution in [0, 0.1) is 5.92 Å². The highest BCUT2D eigenvalue weighted by Crippen LogP contribution is 2.23. The third-order valence-corrected chi connectivity index (χ3v) is 2.83. The molecular formula is C12H16. The minimum absolute atomic E-state index is 0.883. The van der Waals surface area contributed by atoms with Crippen LogP contribution < -0.4 is 0 Å². The predicted molar refractivity (Wildman–Crippen MR) is 52.2 cm³/mol. The van der Waals surface area contributed by atoms with Crippen molar-refractivity contribution in [3.8, 4) is 0 Å². The third-order valence-electron chi connectivity index (χ3n) is 2.83. The van der Waals surface area contributed by atoms with Gasteiger partial charge in [-0.2, -0.15) is 0 Å². The molecule has 0 heterocycles. The Labute approximate surface area is 74.6 Å². The molecule has 0 saturated carbocycles. The zero-order valence-electron chi connectivity index (χ0n) is 7.72. The van der Waals surface area contributed by atoms with Gasteiger partial charge in [0.25, 0.3) is 0 Å². The number of hydrogen-bond donors (Lipinski definition) is 0. The first kappa shape index (κ1) is 7.85. The van der Waals surface area contributed by atoms with Gasteiger partial charge in [0.1, 0.15) is 0 Å². The van der Waals surface area contributed by atoms with Gasteiger partial charge in [-0.25, -0.2) is 0 Å². The highest BCUT2D eigenvalue weighted by Gasteiger charge is 2.11. The van der Waals surface area contributed by atoms with Crippen LogP contribution in [0.15, 0.2) is 24.3 Å². The summed E-state index contributed by atoms with van der Waals surface area (Å²) >= 11 is 0. The molecule has 0 spiro atoms. The summed E-state index contributed by atoms with van der Waals surface area (Å²) in [5, 5.41) is 0. The molecule has 0 heteroatoms. The van der Waals surface area contributed by atoms with Crippen molar-refractivity contribution in [2.75, 3.05) is 0 Å². The molecule has 0 bridgehead atoms. The Morgan fingerprint density at radius 3 is 2.75 bits per heavy atom. The zero-order valence-corrected chi connectivity index (χ0v) is 7.72. The van der Waals surface area contributed by atoms with Crippen LogP contribution in [0.25, 0.3) is 0 Å². The average molecular weight is 160 g/mol. The second kappa shape index (κ2) is 3.30. The molecule has 0 aliphatic heterocycles. The van der Waals surface area contributed by atoms with Crippen molar-refractivity contribution >= 4 is 0 Å². The fourth-order valence-electron chi connectivity index (χ4n) is 2.12. The fraction of sp³-hybridized carbons (Fsp3) is 0.500. The molecule has 2 rings (SSSR count). The highest BCUT2D eigenvalue weighted by atomic mass is 14.2. The minimum atomic E-state index is 0.883. The summed E-state index contributed by atoms with van der Waals surface area (Å²) in [4.78, 5) is 0. The molecule has 64 valence electrons. The summed E-state index contributed by atoms with van der Waals surface area (Å²) in [6.07, 6.45) is 5.35. The van der Waals surface area contributed by atoms with Crippen molar-refractivity contribution in [2.24, 2.45) is 5.92 Å².